The summed E-state index contributed by atoms with van der Waals surface area (Å²) in [6.45, 7) is 1.01. The van der Waals surface area contributed by atoms with Crippen LogP contribution in [0.1, 0.15) is 23.2 Å². The van der Waals surface area contributed by atoms with Crippen LogP contribution in [0.3, 0.4) is 0 Å². The molecule has 5 heteroatoms. The number of hydrogen-bond acceptors (Lipinski definition) is 3. The van der Waals surface area contributed by atoms with Gasteiger partial charge in [-0.3, -0.25) is 9.59 Å². The number of rotatable bonds is 3. The number of anilines is 2. The molecule has 4 nitrogen and oxygen atoms in total. The summed E-state index contributed by atoms with van der Waals surface area (Å²) >= 11 is 3.48. The monoisotopic (exact) mass is 308 g/mol. The molecule has 0 saturated heterocycles. The zero-order valence-electron chi connectivity index (χ0n) is 10.00. The molecule has 1 saturated carbocycles. The number of fused-ring (bicyclic) bond motifs is 1. The lowest BCUT2D eigenvalue weighted by Crippen LogP contribution is -2.20. The maximum atomic E-state index is 11.6. The van der Waals surface area contributed by atoms with Crippen LogP contribution in [0, 0.1) is 5.92 Å². The minimum atomic E-state index is -0.543. The van der Waals surface area contributed by atoms with Crippen molar-refractivity contribution < 1.29 is 9.59 Å². The fourth-order valence-corrected chi connectivity index (χ4v) is 2.88. The van der Waals surface area contributed by atoms with Crippen molar-refractivity contribution in [2.24, 2.45) is 5.92 Å². The molecule has 3 rings (SSSR count). The van der Waals surface area contributed by atoms with Crippen LogP contribution in [0.25, 0.3) is 0 Å². The molecule has 2 aliphatic rings. The third-order valence-corrected chi connectivity index (χ3v) is 4.06. The van der Waals surface area contributed by atoms with Gasteiger partial charge in [-0.1, -0.05) is 0 Å². The summed E-state index contributed by atoms with van der Waals surface area (Å²) in [5.41, 5.74) is 2.08. The lowest BCUT2D eigenvalue weighted by molar-refractivity contribution is -0.112. The second-order valence-corrected chi connectivity index (χ2v) is 5.81. The molecule has 0 aromatic heterocycles. The molecule has 1 N–H and O–H groups in total. The minimum Gasteiger partial charge on any atom is -0.373 e. The van der Waals surface area contributed by atoms with Gasteiger partial charge in [-0.05, 0) is 46.8 Å². The number of amides is 1. The Kier molecular flexibility index (Phi) is 2.66. The second kappa shape index (κ2) is 4.09. The third-order valence-electron chi connectivity index (χ3n) is 3.43. The Morgan fingerprint density at radius 2 is 2.11 bits per heavy atom. The molecule has 1 aromatic rings. The summed E-state index contributed by atoms with van der Waals surface area (Å²) in [6.07, 6.45) is 2.59. The van der Waals surface area contributed by atoms with Gasteiger partial charge in [0.25, 0.3) is 11.7 Å². The number of nitrogens with zero attached hydrogens (tertiary/aromatic N) is 1. The molecular weight excluding hydrogens is 296 g/mol. The molecule has 1 aliphatic heterocycles. The van der Waals surface area contributed by atoms with Crippen molar-refractivity contribution in [1.82, 2.24) is 0 Å². The molecule has 18 heavy (non-hydrogen) atoms. The SMILES string of the molecule is CN(CC1CC1)c1cc2c(cc1Br)C(=O)C(=O)N2. The normalized spacial score (nSPS) is 17.7. The van der Waals surface area contributed by atoms with E-state index < -0.39 is 11.7 Å². The largest absolute Gasteiger partial charge is 0.373 e. The number of benzene rings is 1. The van der Waals surface area contributed by atoms with Crippen molar-refractivity contribution >= 4 is 39.0 Å². The van der Waals surface area contributed by atoms with Crippen molar-refractivity contribution in [2.45, 2.75) is 12.8 Å². The van der Waals surface area contributed by atoms with E-state index in [4.69, 9.17) is 0 Å². The Labute approximate surface area is 113 Å². The zero-order chi connectivity index (χ0) is 12.9. The van der Waals surface area contributed by atoms with Gasteiger partial charge in [-0.2, -0.15) is 0 Å². The van der Waals surface area contributed by atoms with Gasteiger partial charge < -0.3 is 10.2 Å². The van der Waals surface area contributed by atoms with E-state index in [9.17, 15) is 9.59 Å². The number of carbonyl (C=O) groups is 2. The van der Waals surface area contributed by atoms with E-state index in [2.05, 4.69) is 26.1 Å². The average molecular weight is 309 g/mol. The zero-order valence-corrected chi connectivity index (χ0v) is 11.6. The minimum absolute atomic E-state index is 0.454. The predicted molar refractivity (Wildman–Crippen MR) is 73.1 cm³/mol. The molecule has 0 unspecified atom stereocenters. The molecule has 0 bridgehead atoms. The van der Waals surface area contributed by atoms with Crippen LogP contribution in [-0.2, 0) is 4.79 Å². The summed E-state index contributed by atoms with van der Waals surface area (Å²) in [5, 5.41) is 2.60. The maximum Gasteiger partial charge on any atom is 0.296 e. The molecule has 1 aromatic carbocycles. The predicted octanol–water partition coefficient (Wildman–Crippen LogP) is 2.43. The summed E-state index contributed by atoms with van der Waals surface area (Å²) in [7, 11) is 2.03. The van der Waals surface area contributed by atoms with E-state index in [-0.39, 0.29) is 0 Å². The van der Waals surface area contributed by atoms with Gasteiger partial charge in [0.05, 0.1) is 16.9 Å². The van der Waals surface area contributed by atoms with Gasteiger partial charge in [0.15, 0.2) is 0 Å². The molecule has 0 radical (unpaired) electrons. The van der Waals surface area contributed by atoms with Crippen LogP contribution < -0.4 is 10.2 Å². The average Bonchev–Trinajstić information content (AvgIpc) is 3.08. The number of halogens is 1. The number of hydrogen-bond donors (Lipinski definition) is 1. The third kappa shape index (κ3) is 1.92. The molecule has 1 aliphatic carbocycles. The Morgan fingerprint density at radius 3 is 2.78 bits per heavy atom. The van der Waals surface area contributed by atoms with Gasteiger partial charge in [0.1, 0.15) is 0 Å². The maximum absolute atomic E-state index is 11.6. The lowest BCUT2D eigenvalue weighted by atomic mass is 10.1. The molecule has 1 amide bonds. The molecule has 1 fully saturated rings. The van der Waals surface area contributed by atoms with E-state index in [0.29, 0.717) is 11.3 Å². The van der Waals surface area contributed by atoms with Gasteiger partial charge in [-0.25, -0.2) is 0 Å². The Bertz CT molecular complexity index is 552. The smallest absolute Gasteiger partial charge is 0.296 e. The summed E-state index contributed by atoms with van der Waals surface area (Å²) in [5.74, 6) is -0.215. The van der Waals surface area contributed by atoms with E-state index in [1.165, 1.54) is 12.8 Å². The molecular formula is C13H13BrN2O2. The Morgan fingerprint density at radius 1 is 1.39 bits per heavy atom. The van der Waals surface area contributed by atoms with E-state index in [1.807, 2.05) is 13.1 Å². The van der Waals surface area contributed by atoms with E-state index in [1.54, 1.807) is 6.07 Å². The molecule has 1 heterocycles. The standard InChI is InChI=1S/C13H13BrN2O2/c1-16(6-7-2-3-7)11-5-10-8(4-9(11)14)12(17)13(18)15-10/h4-5,7H,2-3,6H2,1H3,(H,15,17,18). The van der Waals surface area contributed by atoms with Crippen molar-refractivity contribution in [3.8, 4) is 0 Å². The van der Waals surface area contributed by atoms with E-state index in [0.717, 1.165) is 22.6 Å². The molecule has 94 valence electrons. The quantitative estimate of drug-likeness (QED) is 0.873. The first-order valence-corrected chi connectivity index (χ1v) is 6.76. The Hall–Kier alpha value is -1.36. The summed E-state index contributed by atoms with van der Waals surface area (Å²) in [6, 6.07) is 3.60. The second-order valence-electron chi connectivity index (χ2n) is 4.96. The highest BCUT2D eigenvalue weighted by Gasteiger charge is 2.30. The number of nitrogens with one attached hydrogen (secondary N) is 1. The van der Waals surface area contributed by atoms with Crippen LogP contribution in [0.5, 0.6) is 0 Å². The van der Waals surface area contributed by atoms with Gasteiger partial charge in [0.2, 0.25) is 0 Å². The van der Waals surface area contributed by atoms with Crippen molar-refractivity contribution in [3.05, 3.63) is 22.2 Å². The molecule has 0 atom stereocenters. The summed E-state index contributed by atoms with van der Waals surface area (Å²) in [4.78, 5) is 25.1. The van der Waals surface area contributed by atoms with E-state index >= 15 is 0 Å². The van der Waals surface area contributed by atoms with Crippen molar-refractivity contribution in [2.75, 3.05) is 23.8 Å². The van der Waals surface area contributed by atoms with Gasteiger partial charge >= 0.3 is 0 Å². The highest BCUT2D eigenvalue weighted by atomic mass is 79.9. The van der Waals surface area contributed by atoms with Crippen LogP contribution in [0.15, 0.2) is 16.6 Å². The first-order valence-electron chi connectivity index (χ1n) is 5.96. The van der Waals surface area contributed by atoms with Crippen LogP contribution in [0.2, 0.25) is 0 Å². The number of ketones is 1. The Balaban J connectivity index is 1.94. The fraction of sp³-hybridized carbons (Fsp3) is 0.385. The first kappa shape index (κ1) is 11.7. The summed E-state index contributed by atoms with van der Waals surface area (Å²) < 4.78 is 0.856. The van der Waals surface area contributed by atoms with Crippen LogP contribution in [0.4, 0.5) is 11.4 Å². The van der Waals surface area contributed by atoms with Crippen molar-refractivity contribution in [1.29, 1.82) is 0 Å². The van der Waals surface area contributed by atoms with Crippen LogP contribution >= 0.6 is 15.9 Å². The van der Waals surface area contributed by atoms with Crippen LogP contribution in [-0.4, -0.2) is 25.3 Å². The lowest BCUT2D eigenvalue weighted by Gasteiger charge is -2.21. The van der Waals surface area contributed by atoms with Crippen molar-refractivity contribution in [3.63, 3.8) is 0 Å². The van der Waals surface area contributed by atoms with Gasteiger partial charge in [0, 0.05) is 18.1 Å². The fourth-order valence-electron chi connectivity index (χ4n) is 2.23. The number of carbonyl (C=O) groups excluding carboxylic acids is 2. The highest BCUT2D eigenvalue weighted by molar-refractivity contribution is 9.10. The topological polar surface area (TPSA) is 49.4 Å². The van der Waals surface area contributed by atoms with Gasteiger partial charge in [-0.15, -0.1) is 0 Å². The molecule has 0 spiro atoms. The highest BCUT2D eigenvalue weighted by Crippen LogP contribution is 2.37. The first-order chi connectivity index (χ1) is 8.56. The number of Topliss-reactive ketones (excluding diaryl/α,β-unsaturated/α-hetero) is 1.